The molecule has 1 amide bonds. The summed E-state index contributed by atoms with van der Waals surface area (Å²) in [7, 11) is -0.834. The van der Waals surface area contributed by atoms with Crippen LogP contribution in [-0.4, -0.2) is 24.4 Å². The van der Waals surface area contributed by atoms with Crippen molar-refractivity contribution in [3.8, 4) is 0 Å². The highest BCUT2D eigenvalue weighted by atomic mass is 19.1. The second-order valence-corrected chi connectivity index (χ2v) is 8.52. The Morgan fingerprint density at radius 1 is 1.20 bits per heavy atom. The molecular formula is C18H27BFNO4. The van der Waals surface area contributed by atoms with Gasteiger partial charge in [-0.25, -0.2) is 9.18 Å². The Balaban J connectivity index is 2.45. The predicted octanol–water partition coefficient (Wildman–Crippen LogP) is 3.31. The lowest BCUT2D eigenvalue weighted by Crippen LogP contribution is -2.41. The number of hydrogen-bond donors (Lipinski definition) is 1. The van der Waals surface area contributed by atoms with Gasteiger partial charge in [0.1, 0.15) is 11.9 Å². The van der Waals surface area contributed by atoms with Gasteiger partial charge in [-0.1, -0.05) is 39.0 Å². The third-order valence-corrected chi connectivity index (χ3v) is 4.87. The Kier molecular flexibility index (Phi) is 4.96. The van der Waals surface area contributed by atoms with Gasteiger partial charge in [-0.3, -0.25) is 0 Å². The molecule has 2 rings (SSSR count). The Bertz CT molecular complexity index is 654. The van der Waals surface area contributed by atoms with Crippen LogP contribution >= 0.6 is 0 Å². The van der Waals surface area contributed by atoms with Gasteiger partial charge in [0.05, 0.1) is 11.2 Å². The molecule has 0 aliphatic carbocycles. The van der Waals surface area contributed by atoms with Crippen molar-refractivity contribution in [3.63, 3.8) is 0 Å². The molecule has 1 heterocycles. The van der Waals surface area contributed by atoms with Gasteiger partial charge in [-0.2, -0.15) is 0 Å². The van der Waals surface area contributed by atoms with E-state index < -0.39 is 41.7 Å². The number of amides is 1. The highest BCUT2D eigenvalue weighted by Crippen LogP contribution is 2.39. The SMILES string of the molecule is CC(C)(C)C(OC(N)=O)c1cccc(B2OC(C)(C)C(C)(C)O2)c1F. The van der Waals surface area contributed by atoms with Crippen LogP contribution in [0.1, 0.15) is 60.1 Å². The van der Waals surface area contributed by atoms with E-state index in [4.69, 9.17) is 19.8 Å². The third-order valence-electron chi connectivity index (χ3n) is 4.87. The molecule has 0 radical (unpaired) electrons. The lowest BCUT2D eigenvalue weighted by atomic mass is 9.75. The van der Waals surface area contributed by atoms with E-state index >= 15 is 4.39 Å². The summed E-state index contributed by atoms with van der Waals surface area (Å²) in [5.74, 6) is -0.512. The van der Waals surface area contributed by atoms with Crippen molar-refractivity contribution in [1.82, 2.24) is 0 Å². The fourth-order valence-corrected chi connectivity index (χ4v) is 2.75. The van der Waals surface area contributed by atoms with Crippen LogP contribution in [0.3, 0.4) is 0 Å². The van der Waals surface area contributed by atoms with Crippen LogP contribution in [0.4, 0.5) is 9.18 Å². The summed E-state index contributed by atoms with van der Waals surface area (Å²) < 4.78 is 32.3. The van der Waals surface area contributed by atoms with Crippen molar-refractivity contribution < 1.29 is 23.2 Å². The number of carbonyl (C=O) groups is 1. The normalized spacial score (nSPS) is 20.4. The molecule has 7 heteroatoms. The Morgan fingerprint density at radius 3 is 2.16 bits per heavy atom. The first-order chi connectivity index (χ1) is 11.3. The summed E-state index contributed by atoms with van der Waals surface area (Å²) in [5.41, 5.74) is 4.01. The van der Waals surface area contributed by atoms with Crippen LogP contribution < -0.4 is 11.2 Å². The van der Waals surface area contributed by atoms with E-state index in [0.717, 1.165) is 0 Å². The largest absolute Gasteiger partial charge is 0.497 e. The average molecular weight is 351 g/mol. The summed E-state index contributed by atoms with van der Waals surface area (Å²) in [6.45, 7) is 13.2. The standard InChI is InChI=1S/C18H27BFNO4/c1-16(2,3)14(23-15(21)22)11-9-8-10-12(13(11)20)19-24-17(4,5)18(6,7)25-19/h8-10,14H,1-7H3,(H2,21,22). The fraction of sp³-hybridized carbons (Fsp3) is 0.611. The predicted molar refractivity (Wildman–Crippen MR) is 95.0 cm³/mol. The quantitative estimate of drug-likeness (QED) is 0.849. The molecule has 25 heavy (non-hydrogen) atoms. The second kappa shape index (κ2) is 6.29. The molecule has 5 nitrogen and oxygen atoms in total. The van der Waals surface area contributed by atoms with E-state index in [1.54, 1.807) is 18.2 Å². The Labute approximate surface area is 149 Å². The molecule has 0 bridgehead atoms. The van der Waals surface area contributed by atoms with Gasteiger partial charge in [0.15, 0.2) is 0 Å². The molecule has 0 saturated carbocycles. The van der Waals surface area contributed by atoms with Gasteiger partial charge < -0.3 is 19.8 Å². The Morgan fingerprint density at radius 2 is 1.72 bits per heavy atom. The zero-order valence-corrected chi connectivity index (χ0v) is 16.0. The highest BCUT2D eigenvalue weighted by Gasteiger charge is 2.52. The molecule has 1 fully saturated rings. The van der Waals surface area contributed by atoms with Crippen molar-refractivity contribution in [1.29, 1.82) is 0 Å². The molecule has 1 aliphatic heterocycles. The molecule has 1 aromatic rings. The van der Waals surface area contributed by atoms with Crippen LogP contribution in [0.15, 0.2) is 18.2 Å². The Hall–Kier alpha value is -1.60. The maximum atomic E-state index is 15.3. The lowest BCUT2D eigenvalue weighted by Gasteiger charge is -2.32. The number of hydrogen-bond acceptors (Lipinski definition) is 4. The number of nitrogens with two attached hydrogens (primary N) is 1. The van der Waals surface area contributed by atoms with E-state index in [1.165, 1.54) is 0 Å². The van der Waals surface area contributed by atoms with E-state index in [-0.39, 0.29) is 11.0 Å². The maximum Gasteiger partial charge on any atom is 0.497 e. The number of benzene rings is 1. The maximum absolute atomic E-state index is 15.3. The topological polar surface area (TPSA) is 70.8 Å². The van der Waals surface area contributed by atoms with Gasteiger partial charge in [-0.15, -0.1) is 0 Å². The summed E-state index contributed by atoms with van der Waals surface area (Å²) in [5, 5.41) is 0. The van der Waals surface area contributed by atoms with Gasteiger partial charge in [0.2, 0.25) is 0 Å². The van der Waals surface area contributed by atoms with Crippen molar-refractivity contribution >= 4 is 18.7 Å². The second-order valence-electron chi connectivity index (χ2n) is 8.52. The molecule has 0 spiro atoms. The van der Waals surface area contributed by atoms with Crippen molar-refractivity contribution in [2.75, 3.05) is 0 Å². The van der Waals surface area contributed by atoms with Gasteiger partial charge in [0, 0.05) is 16.4 Å². The first-order valence-corrected chi connectivity index (χ1v) is 8.36. The molecule has 0 aromatic heterocycles. The van der Waals surface area contributed by atoms with Gasteiger partial charge in [-0.05, 0) is 27.7 Å². The minimum atomic E-state index is -0.944. The van der Waals surface area contributed by atoms with Crippen LogP contribution in [0.2, 0.25) is 0 Å². The van der Waals surface area contributed by atoms with E-state index in [0.29, 0.717) is 0 Å². The molecule has 2 N–H and O–H groups in total. The number of carbonyl (C=O) groups excluding carboxylic acids is 1. The monoisotopic (exact) mass is 351 g/mol. The highest BCUT2D eigenvalue weighted by molar-refractivity contribution is 6.62. The van der Waals surface area contributed by atoms with Gasteiger partial charge in [0.25, 0.3) is 0 Å². The van der Waals surface area contributed by atoms with Crippen molar-refractivity contribution in [2.45, 2.75) is 65.8 Å². The van der Waals surface area contributed by atoms with E-state index in [1.807, 2.05) is 48.5 Å². The van der Waals surface area contributed by atoms with Crippen molar-refractivity contribution in [3.05, 3.63) is 29.6 Å². The van der Waals surface area contributed by atoms with E-state index in [9.17, 15) is 4.79 Å². The summed E-state index contributed by atoms with van der Waals surface area (Å²) in [6.07, 6.45) is -1.77. The zero-order chi connectivity index (χ0) is 19.2. The van der Waals surface area contributed by atoms with Crippen molar-refractivity contribution in [2.24, 2.45) is 11.1 Å². The van der Waals surface area contributed by atoms with Crippen LogP contribution in [0.5, 0.6) is 0 Å². The minimum Gasteiger partial charge on any atom is -0.441 e. The number of rotatable bonds is 3. The molecule has 1 unspecified atom stereocenters. The zero-order valence-electron chi connectivity index (χ0n) is 16.0. The average Bonchev–Trinajstić information content (AvgIpc) is 2.64. The molecule has 138 valence electrons. The molecular weight excluding hydrogens is 324 g/mol. The van der Waals surface area contributed by atoms with Gasteiger partial charge >= 0.3 is 13.2 Å². The first kappa shape index (κ1) is 19.7. The number of ether oxygens (including phenoxy) is 1. The first-order valence-electron chi connectivity index (χ1n) is 8.36. The van der Waals surface area contributed by atoms with E-state index in [2.05, 4.69) is 0 Å². The fourth-order valence-electron chi connectivity index (χ4n) is 2.75. The summed E-state index contributed by atoms with van der Waals surface area (Å²) in [4.78, 5) is 11.3. The number of primary amides is 1. The molecule has 1 saturated heterocycles. The van der Waals surface area contributed by atoms with Crippen LogP contribution in [0.25, 0.3) is 0 Å². The summed E-state index contributed by atoms with van der Waals surface area (Å²) in [6, 6.07) is 4.90. The summed E-state index contributed by atoms with van der Waals surface area (Å²) >= 11 is 0. The number of halogens is 1. The molecule has 1 atom stereocenters. The molecule has 1 aromatic carbocycles. The lowest BCUT2D eigenvalue weighted by molar-refractivity contribution is 0.00578. The third kappa shape index (κ3) is 3.82. The molecule has 1 aliphatic rings. The van der Waals surface area contributed by atoms with Crippen LogP contribution in [0, 0.1) is 11.2 Å². The van der Waals surface area contributed by atoms with Crippen LogP contribution in [-0.2, 0) is 14.0 Å². The minimum absolute atomic E-state index is 0.249. The smallest absolute Gasteiger partial charge is 0.441 e.